The summed E-state index contributed by atoms with van der Waals surface area (Å²) in [5.74, 6) is 1.14. The fraction of sp³-hybridized carbons (Fsp3) is 0.130. The van der Waals surface area contributed by atoms with E-state index in [2.05, 4.69) is 21.2 Å². The Hall–Kier alpha value is -3.50. The van der Waals surface area contributed by atoms with Gasteiger partial charge < -0.3 is 19.2 Å². The van der Waals surface area contributed by atoms with E-state index in [4.69, 9.17) is 13.9 Å². The summed E-state index contributed by atoms with van der Waals surface area (Å²) in [6.07, 6.45) is 3.01. The van der Waals surface area contributed by atoms with Crippen LogP contribution >= 0.6 is 15.9 Å². The maximum atomic E-state index is 12.3. The molecule has 1 amide bonds. The topological polar surface area (TPSA) is 84.5 Å². The van der Waals surface area contributed by atoms with Crippen LogP contribution in [0.3, 0.4) is 0 Å². The Bertz CT molecular complexity index is 1070. The lowest BCUT2D eigenvalue weighted by Gasteiger charge is -2.14. The minimum atomic E-state index is -0.492. The molecule has 0 spiro atoms. The Morgan fingerprint density at radius 1 is 1.23 bits per heavy atom. The summed E-state index contributed by atoms with van der Waals surface area (Å²) in [6, 6.07) is 18.6. The summed E-state index contributed by atoms with van der Waals surface area (Å²) in [7, 11) is 1.53. The van der Waals surface area contributed by atoms with Crippen LogP contribution in [0.1, 0.15) is 16.9 Å². The van der Waals surface area contributed by atoms with Gasteiger partial charge in [-0.05, 0) is 57.4 Å². The molecule has 0 saturated carbocycles. The largest absolute Gasteiger partial charge is 0.493 e. The number of carbonyl (C=O) groups excluding carboxylic acids is 1. The predicted octanol–water partition coefficient (Wildman–Crippen LogP) is 4.85. The van der Waals surface area contributed by atoms with E-state index in [-0.39, 0.29) is 12.1 Å². The van der Waals surface area contributed by atoms with Crippen molar-refractivity contribution in [3.63, 3.8) is 0 Å². The second-order valence-corrected chi connectivity index (χ2v) is 7.09. The Balaban J connectivity index is 1.76. The molecule has 2 aromatic carbocycles. The third-order valence-electron chi connectivity index (χ3n) is 4.16. The van der Waals surface area contributed by atoms with Crippen molar-refractivity contribution in [2.45, 2.75) is 13.2 Å². The molecule has 30 heavy (non-hydrogen) atoms. The van der Waals surface area contributed by atoms with Gasteiger partial charge in [-0.2, -0.15) is 5.26 Å². The zero-order chi connectivity index (χ0) is 21.3. The van der Waals surface area contributed by atoms with Gasteiger partial charge >= 0.3 is 0 Å². The SMILES string of the molecule is COc1cc(/C=C(\C#N)C(=O)NCc2ccco2)cc(Br)c1OCc1ccccc1. The minimum Gasteiger partial charge on any atom is -0.493 e. The number of amides is 1. The van der Waals surface area contributed by atoms with Gasteiger partial charge in [0.1, 0.15) is 24.0 Å². The lowest BCUT2D eigenvalue weighted by molar-refractivity contribution is -0.117. The van der Waals surface area contributed by atoms with Crippen molar-refractivity contribution in [1.29, 1.82) is 5.26 Å². The Kier molecular flexibility index (Phi) is 7.30. The Morgan fingerprint density at radius 2 is 2.03 bits per heavy atom. The molecule has 0 atom stereocenters. The molecule has 3 rings (SSSR count). The van der Waals surface area contributed by atoms with Gasteiger partial charge in [-0.25, -0.2) is 0 Å². The first kappa shape index (κ1) is 21.2. The standard InChI is InChI=1S/C23H19BrN2O4/c1-28-21-12-17(10-18(13-25)23(27)26-14-19-8-5-9-29-19)11-20(24)22(21)30-15-16-6-3-2-4-7-16/h2-12H,14-15H2,1H3,(H,26,27)/b18-10+. The van der Waals surface area contributed by atoms with E-state index in [0.717, 1.165) is 5.56 Å². The quantitative estimate of drug-likeness (QED) is 0.378. The molecule has 0 aliphatic carbocycles. The molecule has 0 aliphatic heterocycles. The van der Waals surface area contributed by atoms with Crippen LogP contribution in [-0.4, -0.2) is 13.0 Å². The zero-order valence-corrected chi connectivity index (χ0v) is 17.8. The molecule has 1 heterocycles. The van der Waals surface area contributed by atoms with Crippen LogP contribution in [0.2, 0.25) is 0 Å². The zero-order valence-electron chi connectivity index (χ0n) is 16.2. The van der Waals surface area contributed by atoms with Crippen LogP contribution in [0, 0.1) is 11.3 Å². The molecular weight excluding hydrogens is 448 g/mol. The van der Waals surface area contributed by atoms with Gasteiger partial charge in [-0.3, -0.25) is 4.79 Å². The van der Waals surface area contributed by atoms with Crippen LogP contribution in [0.5, 0.6) is 11.5 Å². The number of nitrogens with zero attached hydrogens (tertiary/aromatic N) is 1. The second kappa shape index (κ2) is 10.3. The van der Waals surface area contributed by atoms with Gasteiger partial charge in [0, 0.05) is 0 Å². The van der Waals surface area contributed by atoms with E-state index in [1.807, 2.05) is 36.4 Å². The fourth-order valence-electron chi connectivity index (χ4n) is 2.68. The average Bonchev–Trinajstić information content (AvgIpc) is 3.29. The molecule has 152 valence electrons. The van der Waals surface area contributed by atoms with Crippen molar-refractivity contribution >= 4 is 27.9 Å². The summed E-state index contributed by atoms with van der Waals surface area (Å²) in [4.78, 5) is 12.3. The lowest BCUT2D eigenvalue weighted by Crippen LogP contribution is -2.23. The highest BCUT2D eigenvalue weighted by atomic mass is 79.9. The molecule has 3 aromatic rings. The summed E-state index contributed by atoms with van der Waals surface area (Å²) >= 11 is 3.49. The Labute approximate surface area is 182 Å². The Morgan fingerprint density at radius 3 is 2.70 bits per heavy atom. The number of methoxy groups -OCH3 is 1. The summed E-state index contributed by atoms with van der Waals surface area (Å²) in [6.45, 7) is 0.577. The maximum absolute atomic E-state index is 12.3. The van der Waals surface area contributed by atoms with Crippen molar-refractivity contribution in [2.75, 3.05) is 7.11 Å². The smallest absolute Gasteiger partial charge is 0.262 e. The fourth-order valence-corrected chi connectivity index (χ4v) is 3.26. The third-order valence-corrected chi connectivity index (χ3v) is 4.75. The van der Waals surface area contributed by atoms with Crippen molar-refractivity contribution in [2.24, 2.45) is 0 Å². The van der Waals surface area contributed by atoms with E-state index in [1.54, 1.807) is 24.3 Å². The van der Waals surface area contributed by atoms with Crippen molar-refractivity contribution in [1.82, 2.24) is 5.32 Å². The molecule has 0 aliphatic rings. The van der Waals surface area contributed by atoms with E-state index >= 15 is 0 Å². The highest BCUT2D eigenvalue weighted by Gasteiger charge is 2.14. The van der Waals surface area contributed by atoms with Crippen molar-refractivity contribution in [3.8, 4) is 17.6 Å². The molecule has 0 fully saturated rings. The molecular formula is C23H19BrN2O4. The minimum absolute atomic E-state index is 0.0338. The third kappa shape index (κ3) is 5.52. The molecule has 0 bridgehead atoms. The summed E-state index contributed by atoms with van der Waals surface area (Å²) < 4.78 is 17.2. The molecule has 6 nitrogen and oxygen atoms in total. The number of furan rings is 1. The van der Waals surface area contributed by atoms with E-state index in [0.29, 0.717) is 33.9 Å². The number of hydrogen-bond acceptors (Lipinski definition) is 5. The number of halogens is 1. The number of nitrogens with one attached hydrogen (secondary N) is 1. The number of nitriles is 1. The monoisotopic (exact) mass is 466 g/mol. The van der Waals surface area contributed by atoms with Crippen LogP contribution < -0.4 is 14.8 Å². The van der Waals surface area contributed by atoms with Gasteiger partial charge in [0.25, 0.3) is 5.91 Å². The van der Waals surface area contributed by atoms with Crippen LogP contribution in [0.25, 0.3) is 6.08 Å². The van der Waals surface area contributed by atoms with Crippen LogP contribution in [-0.2, 0) is 17.9 Å². The molecule has 1 aromatic heterocycles. The molecule has 0 unspecified atom stereocenters. The summed E-state index contributed by atoms with van der Waals surface area (Å²) in [5.41, 5.74) is 1.61. The van der Waals surface area contributed by atoms with Gasteiger partial charge in [-0.15, -0.1) is 0 Å². The van der Waals surface area contributed by atoms with Gasteiger partial charge in [0.15, 0.2) is 11.5 Å². The summed E-state index contributed by atoms with van der Waals surface area (Å²) in [5, 5.41) is 12.1. The average molecular weight is 467 g/mol. The van der Waals surface area contributed by atoms with Crippen molar-refractivity contribution < 1.29 is 18.7 Å². The second-order valence-electron chi connectivity index (χ2n) is 6.24. The molecule has 1 N–H and O–H groups in total. The maximum Gasteiger partial charge on any atom is 0.262 e. The van der Waals surface area contributed by atoms with Crippen LogP contribution in [0.15, 0.2) is 75.3 Å². The number of benzene rings is 2. The predicted molar refractivity (Wildman–Crippen MR) is 116 cm³/mol. The van der Waals surface area contributed by atoms with Crippen molar-refractivity contribution in [3.05, 3.63) is 87.8 Å². The number of carbonyl (C=O) groups is 1. The number of ether oxygens (including phenoxy) is 2. The lowest BCUT2D eigenvalue weighted by atomic mass is 10.1. The van der Waals surface area contributed by atoms with E-state index in [1.165, 1.54) is 19.4 Å². The highest BCUT2D eigenvalue weighted by molar-refractivity contribution is 9.10. The number of rotatable bonds is 8. The molecule has 7 heteroatoms. The first-order valence-electron chi connectivity index (χ1n) is 9.07. The van der Waals surface area contributed by atoms with E-state index in [9.17, 15) is 10.1 Å². The molecule has 0 saturated heterocycles. The molecule has 0 radical (unpaired) electrons. The van der Waals surface area contributed by atoms with Gasteiger partial charge in [0.05, 0.1) is 24.4 Å². The van der Waals surface area contributed by atoms with Gasteiger partial charge in [-0.1, -0.05) is 30.3 Å². The van der Waals surface area contributed by atoms with Gasteiger partial charge in [0.2, 0.25) is 0 Å². The van der Waals surface area contributed by atoms with E-state index < -0.39 is 5.91 Å². The first-order valence-corrected chi connectivity index (χ1v) is 9.86. The number of hydrogen-bond donors (Lipinski definition) is 1. The highest BCUT2D eigenvalue weighted by Crippen LogP contribution is 2.37. The normalized spacial score (nSPS) is 10.9. The first-order chi connectivity index (χ1) is 14.6. The van der Waals surface area contributed by atoms with Crippen LogP contribution in [0.4, 0.5) is 0 Å².